The van der Waals surface area contributed by atoms with Crippen molar-refractivity contribution in [3.8, 4) is 0 Å². The lowest BCUT2D eigenvalue weighted by atomic mass is 10.1. The number of benzene rings is 1. The Bertz CT molecular complexity index is 845. The van der Waals surface area contributed by atoms with Crippen molar-refractivity contribution in [1.82, 2.24) is 10.6 Å². The summed E-state index contributed by atoms with van der Waals surface area (Å²) in [7, 11) is 0. The Morgan fingerprint density at radius 1 is 1.38 bits per heavy atom. The molecule has 1 aromatic carbocycles. The largest absolute Gasteiger partial charge is 0.459 e. The fourth-order valence-electron chi connectivity index (χ4n) is 2.41. The van der Waals surface area contributed by atoms with Gasteiger partial charge in [0, 0.05) is 17.5 Å². The van der Waals surface area contributed by atoms with Gasteiger partial charge in [-0.1, -0.05) is 0 Å². The second kappa shape index (κ2) is 7.02. The average Bonchev–Trinajstić information content (AvgIpc) is 3.20. The molecule has 7 heteroatoms. The van der Waals surface area contributed by atoms with Gasteiger partial charge >= 0.3 is 6.03 Å². The fraction of sp³-hybridized carbons (Fsp3) is 0.235. The minimum atomic E-state index is -0.738. The van der Waals surface area contributed by atoms with Crippen LogP contribution < -0.4 is 10.6 Å². The Balaban J connectivity index is 1.55. The Labute approximate surface area is 142 Å². The summed E-state index contributed by atoms with van der Waals surface area (Å²) in [5, 5.41) is 19.6. The molecule has 0 aliphatic rings. The zero-order chi connectivity index (χ0) is 17.1. The standard InChI is InChI=1S/C17H17FN2O3S/c1-10-13-6-12(18)2-3-15(13)23-16(10)8-20-17(22)19-7-14(21)11-4-5-24-9-11/h2-6,9,14,21H,7-8H2,1H3,(H2,19,20,22). The lowest BCUT2D eigenvalue weighted by molar-refractivity contribution is 0.173. The number of aliphatic hydroxyl groups is 1. The van der Waals surface area contributed by atoms with Crippen LogP contribution in [-0.2, 0) is 6.54 Å². The van der Waals surface area contributed by atoms with Crippen molar-refractivity contribution >= 4 is 28.3 Å². The number of furan rings is 1. The first-order valence-corrected chi connectivity index (χ1v) is 8.38. The van der Waals surface area contributed by atoms with Crippen LogP contribution in [0.5, 0.6) is 0 Å². The van der Waals surface area contributed by atoms with Gasteiger partial charge < -0.3 is 20.2 Å². The maximum atomic E-state index is 13.3. The Kier molecular flexibility index (Phi) is 4.82. The third kappa shape index (κ3) is 3.58. The van der Waals surface area contributed by atoms with Gasteiger partial charge in [0.2, 0.25) is 0 Å². The van der Waals surface area contributed by atoms with E-state index in [-0.39, 0.29) is 18.9 Å². The molecule has 0 saturated carbocycles. The number of amides is 2. The number of halogens is 1. The molecule has 0 aliphatic heterocycles. The monoisotopic (exact) mass is 348 g/mol. The summed E-state index contributed by atoms with van der Waals surface area (Å²) in [5.41, 5.74) is 2.15. The molecule has 3 N–H and O–H groups in total. The van der Waals surface area contributed by atoms with Gasteiger partial charge in [-0.2, -0.15) is 11.3 Å². The maximum absolute atomic E-state index is 13.3. The second-order valence-electron chi connectivity index (χ2n) is 5.43. The summed E-state index contributed by atoms with van der Waals surface area (Å²) in [6.45, 7) is 2.12. The van der Waals surface area contributed by atoms with Crippen LogP contribution in [0, 0.1) is 12.7 Å². The van der Waals surface area contributed by atoms with Crippen LogP contribution in [0.4, 0.5) is 9.18 Å². The highest BCUT2D eigenvalue weighted by Crippen LogP contribution is 2.25. The highest BCUT2D eigenvalue weighted by Gasteiger charge is 2.13. The van der Waals surface area contributed by atoms with E-state index < -0.39 is 12.1 Å². The predicted octanol–water partition coefficient (Wildman–Crippen LogP) is 3.47. The highest BCUT2D eigenvalue weighted by molar-refractivity contribution is 7.07. The topological polar surface area (TPSA) is 74.5 Å². The van der Waals surface area contributed by atoms with E-state index in [9.17, 15) is 14.3 Å². The minimum Gasteiger partial charge on any atom is -0.459 e. The molecule has 5 nitrogen and oxygen atoms in total. The van der Waals surface area contributed by atoms with Gasteiger partial charge in [0.15, 0.2) is 0 Å². The van der Waals surface area contributed by atoms with Gasteiger partial charge in [0.1, 0.15) is 17.2 Å². The van der Waals surface area contributed by atoms with Crippen LogP contribution in [0.15, 0.2) is 39.4 Å². The minimum absolute atomic E-state index is 0.118. The summed E-state index contributed by atoms with van der Waals surface area (Å²) in [6.07, 6.45) is -0.738. The molecule has 1 atom stereocenters. The molecule has 0 fully saturated rings. The number of carbonyl (C=O) groups excluding carboxylic acids is 1. The van der Waals surface area contributed by atoms with E-state index in [1.165, 1.54) is 23.5 Å². The van der Waals surface area contributed by atoms with Gasteiger partial charge in [-0.25, -0.2) is 9.18 Å². The normalized spacial score (nSPS) is 12.3. The number of aryl methyl sites for hydroxylation is 1. The molecular weight excluding hydrogens is 331 g/mol. The van der Waals surface area contributed by atoms with E-state index in [0.717, 1.165) is 11.1 Å². The maximum Gasteiger partial charge on any atom is 0.315 e. The molecule has 1 unspecified atom stereocenters. The number of thiophene rings is 1. The SMILES string of the molecule is Cc1c(CNC(=O)NCC(O)c2ccsc2)oc2ccc(F)cc12. The first kappa shape index (κ1) is 16.5. The smallest absolute Gasteiger partial charge is 0.315 e. The van der Waals surface area contributed by atoms with Crippen molar-refractivity contribution in [2.24, 2.45) is 0 Å². The summed E-state index contributed by atoms with van der Waals surface area (Å²) < 4.78 is 18.9. The molecule has 0 bridgehead atoms. The van der Waals surface area contributed by atoms with Crippen LogP contribution in [0.3, 0.4) is 0 Å². The lowest BCUT2D eigenvalue weighted by Gasteiger charge is -2.11. The first-order valence-electron chi connectivity index (χ1n) is 7.44. The van der Waals surface area contributed by atoms with Gasteiger partial charge in [-0.15, -0.1) is 0 Å². The number of rotatable bonds is 5. The third-order valence-electron chi connectivity index (χ3n) is 3.79. The van der Waals surface area contributed by atoms with Crippen molar-refractivity contribution < 1.29 is 18.7 Å². The summed E-state index contributed by atoms with van der Waals surface area (Å²) in [5.74, 6) is 0.246. The van der Waals surface area contributed by atoms with E-state index >= 15 is 0 Å². The van der Waals surface area contributed by atoms with Crippen molar-refractivity contribution in [1.29, 1.82) is 0 Å². The molecule has 3 aromatic rings. The van der Waals surface area contributed by atoms with Crippen molar-refractivity contribution in [3.63, 3.8) is 0 Å². The molecular formula is C17H17FN2O3S. The Morgan fingerprint density at radius 3 is 2.96 bits per heavy atom. The number of hydrogen-bond donors (Lipinski definition) is 3. The van der Waals surface area contributed by atoms with E-state index in [1.807, 2.05) is 23.8 Å². The van der Waals surface area contributed by atoms with Gasteiger partial charge in [-0.3, -0.25) is 0 Å². The van der Waals surface area contributed by atoms with Crippen LogP contribution >= 0.6 is 11.3 Å². The number of aliphatic hydroxyl groups excluding tert-OH is 1. The summed E-state index contributed by atoms with van der Waals surface area (Å²) >= 11 is 1.49. The van der Waals surface area contributed by atoms with E-state index in [0.29, 0.717) is 16.7 Å². The number of carbonyl (C=O) groups is 1. The van der Waals surface area contributed by atoms with E-state index in [1.54, 1.807) is 6.07 Å². The molecule has 3 rings (SSSR count). The van der Waals surface area contributed by atoms with Gasteiger partial charge in [0.25, 0.3) is 0 Å². The number of urea groups is 1. The van der Waals surface area contributed by atoms with Gasteiger partial charge in [-0.05, 0) is 47.5 Å². The van der Waals surface area contributed by atoms with E-state index in [2.05, 4.69) is 10.6 Å². The Morgan fingerprint density at radius 2 is 2.21 bits per heavy atom. The van der Waals surface area contributed by atoms with Gasteiger partial charge in [0.05, 0.1) is 12.6 Å². The number of hydrogen-bond acceptors (Lipinski definition) is 4. The summed E-state index contributed by atoms with van der Waals surface area (Å²) in [4.78, 5) is 11.8. The molecule has 0 radical (unpaired) electrons. The molecule has 0 saturated heterocycles. The Hall–Kier alpha value is -2.38. The van der Waals surface area contributed by atoms with Crippen molar-refractivity contribution in [3.05, 3.63) is 57.7 Å². The van der Waals surface area contributed by atoms with Crippen LogP contribution in [0.2, 0.25) is 0 Å². The van der Waals surface area contributed by atoms with Crippen molar-refractivity contribution in [2.45, 2.75) is 19.6 Å². The molecule has 2 amide bonds. The zero-order valence-corrected chi connectivity index (χ0v) is 13.8. The molecule has 0 aliphatic carbocycles. The highest BCUT2D eigenvalue weighted by atomic mass is 32.1. The van der Waals surface area contributed by atoms with Crippen LogP contribution in [0.1, 0.15) is 23.0 Å². The quantitative estimate of drug-likeness (QED) is 0.661. The van der Waals surface area contributed by atoms with E-state index in [4.69, 9.17) is 4.42 Å². The lowest BCUT2D eigenvalue weighted by Crippen LogP contribution is -2.37. The number of nitrogens with one attached hydrogen (secondary N) is 2. The summed E-state index contributed by atoms with van der Waals surface area (Å²) in [6, 6.07) is 5.72. The average molecular weight is 348 g/mol. The molecule has 24 heavy (non-hydrogen) atoms. The third-order valence-corrected chi connectivity index (χ3v) is 4.49. The molecule has 2 heterocycles. The van der Waals surface area contributed by atoms with Crippen LogP contribution in [0.25, 0.3) is 11.0 Å². The predicted molar refractivity (Wildman–Crippen MR) is 90.4 cm³/mol. The zero-order valence-electron chi connectivity index (χ0n) is 13.0. The second-order valence-corrected chi connectivity index (χ2v) is 6.21. The molecule has 0 spiro atoms. The fourth-order valence-corrected chi connectivity index (χ4v) is 3.11. The molecule has 126 valence electrons. The van der Waals surface area contributed by atoms with Crippen LogP contribution in [-0.4, -0.2) is 17.7 Å². The number of fused-ring (bicyclic) bond motifs is 1. The first-order chi connectivity index (χ1) is 11.5. The molecule has 2 aromatic heterocycles. The van der Waals surface area contributed by atoms with Crippen molar-refractivity contribution in [2.75, 3.05) is 6.54 Å².